The number of Topliss-reactive ketones (excluding diaryl/α,β-unsaturated/α-hetero) is 1. The Kier molecular flexibility index (Phi) is 4.92. The van der Waals surface area contributed by atoms with E-state index in [0.717, 1.165) is 24.6 Å². The molecule has 20 heavy (non-hydrogen) atoms. The maximum absolute atomic E-state index is 12.8. The Labute approximate surface area is 126 Å². The van der Waals surface area contributed by atoms with E-state index in [9.17, 15) is 4.79 Å². The molecule has 1 heterocycles. The highest BCUT2D eigenvalue weighted by molar-refractivity contribution is 7.98. The van der Waals surface area contributed by atoms with E-state index in [4.69, 9.17) is 0 Å². The quantitative estimate of drug-likeness (QED) is 0.615. The summed E-state index contributed by atoms with van der Waals surface area (Å²) in [7, 11) is 0. The van der Waals surface area contributed by atoms with Gasteiger partial charge in [-0.2, -0.15) is 0 Å². The van der Waals surface area contributed by atoms with Crippen LogP contribution in [0.3, 0.4) is 0 Å². The number of carbonyl (C=O) groups is 1. The minimum Gasteiger partial charge on any atom is -0.292 e. The minimum absolute atomic E-state index is 0.236. The first-order valence-corrected chi connectivity index (χ1v) is 8.61. The van der Waals surface area contributed by atoms with Gasteiger partial charge < -0.3 is 0 Å². The highest BCUT2D eigenvalue weighted by atomic mass is 32.2. The zero-order valence-electron chi connectivity index (χ0n) is 13.0. The second-order valence-corrected chi connectivity index (χ2v) is 7.17. The Balaban J connectivity index is 2.13. The third-order valence-electron chi connectivity index (χ3n) is 4.48. The van der Waals surface area contributed by atoms with Gasteiger partial charge in [0.15, 0.2) is 5.78 Å². The van der Waals surface area contributed by atoms with Gasteiger partial charge in [-0.05, 0) is 64.1 Å². The number of nitrogens with zero attached hydrogens (tertiary/aromatic N) is 1. The Morgan fingerprint density at radius 1 is 1.20 bits per heavy atom. The van der Waals surface area contributed by atoms with Gasteiger partial charge in [0.2, 0.25) is 0 Å². The van der Waals surface area contributed by atoms with Crippen LogP contribution in [0.1, 0.15) is 44.0 Å². The molecule has 1 aliphatic rings. The van der Waals surface area contributed by atoms with Crippen molar-refractivity contribution in [3.63, 3.8) is 0 Å². The predicted molar refractivity (Wildman–Crippen MR) is 86.6 cm³/mol. The predicted octanol–water partition coefficient (Wildman–Crippen LogP) is 4.10. The van der Waals surface area contributed by atoms with E-state index < -0.39 is 5.54 Å². The average molecular weight is 291 g/mol. The van der Waals surface area contributed by atoms with Crippen molar-refractivity contribution in [2.75, 3.05) is 19.3 Å². The van der Waals surface area contributed by atoms with Gasteiger partial charge in [0.1, 0.15) is 0 Å². The van der Waals surface area contributed by atoms with E-state index in [-0.39, 0.29) is 5.78 Å². The number of thioether (sulfide) groups is 1. The number of ketones is 1. The van der Waals surface area contributed by atoms with E-state index in [0.29, 0.717) is 0 Å². The first kappa shape index (κ1) is 15.6. The Morgan fingerprint density at radius 2 is 1.75 bits per heavy atom. The van der Waals surface area contributed by atoms with E-state index in [1.807, 2.05) is 24.3 Å². The largest absolute Gasteiger partial charge is 0.292 e. The molecule has 110 valence electrons. The van der Waals surface area contributed by atoms with Crippen molar-refractivity contribution in [2.24, 2.45) is 5.92 Å². The summed E-state index contributed by atoms with van der Waals surface area (Å²) in [6.45, 7) is 8.49. The molecule has 0 N–H and O–H groups in total. The van der Waals surface area contributed by atoms with Crippen molar-refractivity contribution in [1.29, 1.82) is 0 Å². The van der Waals surface area contributed by atoms with Gasteiger partial charge in [-0.1, -0.05) is 19.1 Å². The highest BCUT2D eigenvalue weighted by Gasteiger charge is 2.36. The van der Waals surface area contributed by atoms with Crippen LogP contribution in [-0.2, 0) is 0 Å². The lowest BCUT2D eigenvalue weighted by molar-refractivity contribution is 0.0524. The van der Waals surface area contributed by atoms with E-state index in [1.165, 1.54) is 17.7 Å². The van der Waals surface area contributed by atoms with Crippen LogP contribution in [0.2, 0.25) is 0 Å². The van der Waals surface area contributed by atoms with Crippen molar-refractivity contribution < 1.29 is 4.79 Å². The molecule has 0 bridgehead atoms. The summed E-state index contributed by atoms with van der Waals surface area (Å²) in [6.07, 6.45) is 4.44. The van der Waals surface area contributed by atoms with E-state index in [2.05, 4.69) is 31.9 Å². The normalized spacial score (nSPS) is 18.2. The lowest BCUT2D eigenvalue weighted by Crippen LogP contribution is -2.52. The van der Waals surface area contributed by atoms with Gasteiger partial charge in [-0.25, -0.2) is 0 Å². The van der Waals surface area contributed by atoms with Crippen molar-refractivity contribution in [3.05, 3.63) is 29.8 Å². The molecule has 0 atom stereocenters. The fourth-order valence-corrected chi connectivity index (χ4v) is 3.22. The topological polar surface area (TPSA) is 20.3 Å². The SMILES string of the molecule is CSc1ccc(C(=O)C(C)(C)N2CCC(C)CC2)cc1. The summed E-state index contributed by atoms with van der Waals surface area (Å²) in [5, 5.41) is 0. The number of benzene rings is 1. The fraction of sp³-hybridized carbons (Fsp3) is 0.588. The van der Waals surface area contributed by atoms with Gasteiger partial charge >= 0.3 is 0 Å². The smallest absolute Gasteiger partial charge is 0.182 e. The lowest BCUT2D eigenvalue weighted by atomic mass is 9.88. The maximum Gasteiger partial charge on any atom is 0.182 e. The number of likely N-dealkylation sites (tertiary alicyclic amines) is 1. The summed E-state index contributed by atoms with van der Waals surface area (Å²) in [4.78, 5) is 16.3. The lowest BCUT2D eigenvalue weighted by Gasteiger charge is -2.41. The first-order valence-electron chi connectivity index (χ1n) is 7.39. The van der Waals surface area contributed by atoms with Gasteiger partial charge in [-0.15, -0.1) is 11.8 Å². The number of carbonyl (C=O) groups excluding carboxylic acids is 1. The van der Waals surface area contributed by atoms with E-state index in [1.54, 1.807) is 11.8 Å². The van der Waals surface area contributed by atoms with Crippen LogP contribution < -0.4 is 0 Å². The van der Waals surface area contributed by atoms with Crippen LogP contribution >= 0.6 is 11.8 Å². The Morgan fingerprint density at radius 3 is 2.25 bits per heavy atom. The molecular formula is C17H25NOS. The average Bonchev–Trinajstić information content (AvgIpc) is 2.47. The molecule has 0 aromatic heterocycles. The Hall–Kier alpha value is -0.800. The maximum atomic E-state index is 12.8. The summed E-state index contributed by atoms with van der Waals surface area (Å²) < 4.78 is 0. The third kappa shape index (κ3) is 3.26. The molecule has 2 rings (SSSR count). The molecule has 1 fully saturated rings. The third-order valence-corrected chi connectivity index (χ3v) is 5.23. The zero-order chi connectivity index (χ0) is 14.8. The van der Waals surface area contributed by atoms with Crippen LogP contribution in [0.4, 0.5) is 0 Å². The standard InChI is InChI=1S/C17H25NOS/c1-13-9-11-18(12-10-13)17(2,3)16(19)14-5-7-15(20-4)8-6-14/h5-8,13H,9-12H2,1-4H3. The summed E-state index contributed by atoms with van der Waals surface area (Å²) in [6, 6.07) is 7.99. The molecule has 3 heteroatoms. The number of hydrogen-bond acceptors (Lipinski definition) is 3. The van der Waals surface area contributed by atoms with Crippen molar-refractivity contribution in [2.45, 2.75) is 44.0 Å². The number of rotatable bonds is 4. The van der Waals surface area contributed by atoms with E-state index >= 15 is 0 Å². The molecule has 1 saturated heterocycles. The molecular weight excluding hydrogens is 266 g/mol. The van der Waals surface area contributed by atoms with Gasteiger partial charge in [0.25, 0.3) is 0 Å². The molecule has 0 amide bonds. The van der Waals surface area contributed by atoms with Gasteiger partial charge in [0, 0.05) is 10.5 Å². The Bertz CT molecular complexity index is 458. The minimum atomic E-state index is -0.402. The molecule has 0 radical (unpaired) electrons. The van der Waals surface area contributed by atoms with Crippen LogP contribution in [0.5, 0.6) is 0 Å². The van der Waals surface area contributed by atoms with Crippen LogP contribution in [0.15, 0.2) is 29.2 Å². The van der Waals surface area contributed by atoms with Crippen molar-refractivity contribution in [3.8, 4) is 0 Å². The molecule has 0 aliphatic carbocycles. The van der Waals surface area contributed by atoms with Gasteiger partial charge in [-0.3, -0.25) is 9.69 Å². The van der Waals surface area contributed by atoms with Crippen LogP contribution in [-0.4, -0.2) is 35.6 Å². The molecule has 0 spiro atoms. The second-order valence-electron chi connectivity index (χ2n) is 6.29. The number of hydrogen-bond donors (Lipinski definition) is 0. The second kappa shape index (κ2) is 6.31. The summed E-state index contributed by atoms with van der Waals surface area (Å²) in [5.74, 6) is 1.03. The van der Waals surface area contributed by atoms with Crippen molar-refractivity contribution in [1.82, 2.24) is 4.90 Å². The van der Waals surface area contributed by atoms with Crippen molar-refractivity contribution >= 4 is 17.5 Å². The molecule has 0 saturated carbocycles. The van der Waals surface area contributed by atoms with Crippen LogP contribution in [0.25, 0.3) is 0 Å². The first-order chi connectivity index (χ1) is 9.45. The fourth-order valence-electron chi connectivity index (χ4n) is 2.81. The molecule has 2 nitrogen and oxygen atoms in total. The van der Waals surface area contributed by atoms with Gasteiger partial charge in [0.05, 0.1) is 5.54 Å². The van der Waals surface area contributed by atoms with Crippen LogP contribution in [0, 0.1) is 5.92 Å². The zero-order valence-corrected chi connectivity index (χ0v) is 13.8. The highest BCUT2D eigenvalue weighted by Crippen LogP contribution is 2.27. The number of piperidine rings is 1. The molecule has 1 aromatic carbocycles. The molecule has 1 aliphatic heterocycles. The monoisotopic (exact) mass is 291 g/mol. The summed E-state index contributed by atoms with van der Waals surface area (Å²) in [5.41, 5.74) is 0.424. The molecule has 0 unspecified atom stereocenters. The summed E-state index contributed by atoms with van der Waals surface area (Å²) >= 11 is 1.70. The molecule has 1 aromatic rings.